The first-order valence-electron chi connectivity index (χ1n) is 5.90. The van der Waals surface area contributed by atoms with Gasteiger partial charge in [0.2, 0.25) is 0 Å². The van der Waals surface area contributed by atoms with Crippen molar-refractivity contribution in [3.63, 3.8) is 0 Å². The third-order valence-electron chi connectivity index (χ3n) is 3.81. The first-order valence-corrected chi connectivity index (χ1v) is 5.90. The molecule has 0 amide bonds. The highest BCUT2D eigenvalue weighted by molar-refractivity contribution is 5.37. The van der Waals surface area contributed by atoms with Gasteiger partial charge in [-0.05, 0) is 39.0 Å². The summed E-state index contributed by atoms with van der Waals surface area (Å²) in [5, 5.41) is 0. The van der Waals surface area contributed by atoms with Crippen molar-refractivity contribution in [2.24, 2.45) is 5.92 Å². The highest BCUT2D eigenvalue weighted by Gasteiger charge is 2.44. The van der Waals surface area contributed by atoms with Gasteiger partial charge in [-0.2, -0.15) is 0 Å². The number of carbonyl (C=O) groups is 1. The SMILES string of the molecule is CC1(C)O[C@@H]2CCCC[C@H]2C[C@H]1OC=O. The third kappa shape index (κ3) is 2.17. The molecule has 1 heterocycles. The van der Waals surface area contributed by atoms with E-state index in [1.807, 2.05) is 13.8 Å². The molecule has 0 aromatic carbocycles. The van der Waals surface area contributed by atoms with Crippen molar-refractivity contribution in [3.05, 3.63) is 0 Å². The number of fused-ring (bicyclic) bond motifs is 1. The molecule has 1 saturated heterocycles. The van der Waals surface area contributed by atoms with E-state index in [2.05, 4.69) is 0 Å². The highest BCUT2D eigenvalue weighted by Crippen LogP contribution is 2.40. The topological polar surface area (TPSA) is 35.5 Å². The van der Waals surface area contributed by atoms with Crippen LogP contribution in [0.5, 0.6) is 0 Å². The summed E-state index contributed by atoms with van der Waals surface area (Å²) in [4.78, 5) is 10.4. The monoisotopic (exact) mass is 212 g/mol. The normalized spacial score (nSPS) is 39.2. The summed E-state index contributed by atoms with van der Waals surface area (Å²) in [6.07, 6.45) is 6.24. The van der Waals surface area contributed by atoms with Crippen LogP contribution in [-0.4, -0.2) is 24.3 Å². The van der Waals surface area contributed by atoms with E-state index in [9.17, 15) is 4.79 Å². The second kappa shape index (κ2) is 4.12. The zero-order valence-corrected chi connectivity index (χ0v) is 9.57. The van der Waals surface area contributed by atoms with Gasteiger partial charge in [0.15, 0.2) is 0 Å². The van der Waals surface area contributed by atoms with Gasteiger partial charge in [0.1, 0.15) is 6.10 Å². The van der Waals surface area contributed by atoms with E-state index in [1.165, 1.54) is 25.7 Å². The summed E-state index contributed by atoms with van der Waals surface area (Å²) < 4.78 is 11.2. The van der Waals surface area contributed by atoms with Gasteiger partial charge in [0.05, 0.1) is 11.7 Å². The summed E-state index contributed by atoms with van der Waals surface area (Å²) in [5.74, 6) is 0.594. The van der Waals surface area contributed by atoms with Crippen molar-refractivity contribution in [1.82, 2.24) is 0 Å². The van der Waals surface area contributed by atoms with Crippen molar-refractivity contribution < 1.29 is 14.3 Å². The second-order valence-electron chi connectivity index (χ2n) is 5.26. The van der Waals surface area contributed by atoms with Crippen LogP contribution in [0.3, 0.4) is 0 Å². The molecule has 3 atom stereocenters. The number of hydrogen-bond donors (Lipinski definition) is 0. The van der Waals surface area contributed by atoms with E-state index < -0.39 is 0 Å². The van der Waals surface area contributed by atoms with Crippen molar-refractivity contribution in [2.45, 2.75) is 63.8 Å². The molecular weight excluding hydrogens is 192 g/mol. The molecule has 0 bridgehead atoms. The molecule has 1 aliphatic heterocycles. The van der Waals surface area contributed by atoms with Crippen LogP contribution in [0.25, 0.3) is 0 Å². The maximum Gasteiger partial charge on any atom is 0.293 e. The van der Waals surface area contributed by atoms with Crippen molar-refractivity contribution in [1.29, 1.82) is 0 Å². The molecular formula is C12H20O3. The summed E-state index contributed by atoms with van der Waals surface area (Å²) in [6, 6.07) is 0. The fourth-order valence-corrected chi connectivity index (χ4v) is 2.91. The molecule has 0 radical (unpaired) electrons. The third-order valence-corrected chi connectivity index (χ3v) is 3.81. The number of hydrogen-bond acceptors (Lipinski definition) is 3. The largest absolute Gasteiger partial charge is 0.462 e. The maximum absolute atomic E-state index is 10.4. The Labute approximate surface area is 91.1 Å². The maximum atomic E-state index is 10.4. The van der Waals surface area contributed by atoms with E-state index in [-0.39, 0.29) is 11.7 Å². The Morgan fingerprint density at radius 3 is 2.80 bits per heavy atom. The van der Waals surface area contributed by atoms with Crippen LogP contribution in [-0.2, 0) is 14.3 Å². The van der Waals surface area contributed by atoms with Crippen molar-refractivity contribution in [3.8, 4) is 0 Å². The van der Waals surface area contributed by atoms with Gasteiger partial charge in [-0.3, -0.25) is 4.79 Å². The molecule has 15 heavy (non-hydrogen) atoms. The lowest BCUT2D eigenvalue weighted by molar-refractivity contribution is -0.211. The Kier molecular flexibility index (Phi) is 3.01. The van der Waals surface area contributed by atoms with Gasteiger partial charge in [-0.1, -0.05) is 12.8 Å². The van der Waals surface area contributed by atoms with Gasteiger partial charge in [0.25, 0.3) is 6.47 Å². The Hall–Kier alpha value is -0.570. The number of rotatable bonds is 2. The number of carbonyl (C=O) groups excluding carboxylic acids is 1. The predicted octanol–water partition coefficient (Wildman–Crippen LogP) is 2.29. The smallest absolute Gasteiger partial charge is 0.293 e. The second-order valence-corrected chi connectivity index (χ2v) is 5.26. The van der Waals surface area contributed by atoms with Crippen molar-refractivity contribution >= 4 is 6.47 Å². The average molecular weight is 212 g/mol. The highest BCUT2D eigenvalue weighted by atomic mass is 16.6. The standard InChI is InChI=1S/C12H20O3/c1-12(2)11(14-8-13)7-9-5-3-4-6-10(9)15-12/h8-11H,3-7H2,1-2H3/t9-,10+,11+/m0/s1. The Balaban J connectivity index is 2.05. The predicted molar refractivity (Wildman–Crippen MR) is 56.5 cm³/mol. The molecule has 1 aliphatic carbocycles. The van der Waals surface area contributed by atoms with Crippen LogP contribution in [0.2, 0.25) is 0 Å². The Morgan fingerprint density at radius 2 is 2.07 bits per heavy atom. The fraction of sp³-hybridized carbons (Fsp3) is 0.917. The minimum atomic E-state index is -0.320. The van der Waals surface area contributed by atoms with Crippen LogP contribution >= 0.6 is 0 Å². The molecule has 2 fully saturated rings. The summed E-state index contributed by atoms with van der Waals surface area (Å²) >= 11 is 0. The molecule has 0 aromatic rings. The van der Waals surface area contributed by atoms with Crippen LogP contribution < -0.4 is 0 Å². The Morgan fingerprint density at radius 1 is 1.33 bits per heavy atom. The molecule has 0 unspecified atom stereocenters. The quantitative estimate of drug-likeness (QED) is 0.659. The minimum absolute atomic E-state index is 0.0747. The lowest BCUT2D eigenvalue weighted by Gasteiger charge is -2.47. The van der Waals surface area contributed by atoms with E-state index in [4.69, 9.17) is 9.47 Å². The molecule has 1 saturated carbocycles. The lowest BCUT2D eigenvalue weighted by Crippen LogP contribution is -2.52. The van der Waals surface area contributed by atoms with E-state index in [1.54, 1.807) is 0 Å². The first-order chi connectivity index (χ1) is 7.13. The van der Waals surface area contributed by atoms with E-state index in [0.29, 0.717) is 18.5 Å². The van der Waals surface area contributed by atoms with Gasteiger partial charge in [-0.25, -0.2) is 0 Å². The van der Waals surface area contributed by atoms with Gasteiger partial charge in [-0.15, -0.1) is 0 Å². The lowest BCUT2D eigenvalue weighted by atomic mass is 9.77. The molecule has 3 heteroatoms. The average Bonchev–Trinajstić information content (AvgIpc) is 2.18. The van der Waals surface area contributed by atoms with Crippen LogP contribution in [0, 0.1) is 5.92 Å². The Bertz CT molecular complexity index is 237. The fourth-order valence-electron chi connectivity index (χ4n) is 2.91. The first kappa shape index (κ1) is 10.9. The van der Waals surface area contributed by atoms with Gasteiger partial charge >= 0.3 is 0 Å². The zero-order valence-electron chi connectivity index (χ0n) is 9.57. The molecule has 2 rings (SSSR count). The van der Waals surface area contributed by atoms with Crippen LogP contribution in [0.15, 0.2) is 0 Å². The molecule has 0 spiro atoms. The molecule has 0 aromatic heterocycles. The molecule has 86 valence electrons. The summed E-state index contributed by atoms with van der Waals surface area (Å²) in [7, 11) is 0. The minimum Gasteiger partial charge on any atom is -0.462 e. The number of ether oxygens (including phenoxy) is 2. The van der Waals surface area contributed by atoms with Crippen molar-refractivity contribution in [2.75, 3.05) is 0 Å². The summed E-state index contributed by atoms with van der Waals surface area (Å²) in [6.45, 7) is 4.59. The molecule has 2 aliphatic rings. The van der Waals surface area contributed by atoms with Crippen LogP contribution in [0.1, 0.15) is 46.0 Å². The van der Waals surface area contributed by atoms with Gasteiger partial charge in [0, 0.05) is 0 Å². The van der Waals surface area contributed by atoms with E-state index >= 15 is 0 Å². The van der Waals surface area contributed by atoms with E-state index in [0.717, 1.165) is 6.42 Å². The molecule has 0 N–H and O–H groups in total. The zero-order chi connectivity index (χ0) is 10.9. The molecule has 3 nitrogen and oxygen atoms in total. The van der Waals surface area contributed by atoms with Crippen LogP contribution in [0.4, 0.5) is 0 Å². The summed E-state index contributed by atoms with van der Waals surface area (Å²) in [5.41, 5.74) is -0.320. The van der Waals surface area contributed by atoms with Gasteiger partial charge < -0.3 is 9.47 Å².